The number of aliphatic imine (C=N–C) groups is 1. The molecule has 54 heavy (non-hydrogen) atoms. The summed E-state index contributed by atoms with van der Waals surface area (Å²) in [6.45, 7) is 0.597. The Kier molecular flexibility index (Phi) is 8.02. The molecule has 2 heterocycles. The van der Waals surface area contributed by atoms with E-state index in [-0.39, 0.29) is 0 Å². The van der Waals surface area contributed by atoms with Gasteiger partial charge < -0.3 is 10.2 Å². The van der Waals surface area contributed by atoms with Crippen LogP contribution in [-0.4, -0.2) is 5.84 Å². The standard InChI is InChI=1S/C49H35N3OS/c50-48(33-18-8-3-9-19-33)52-49(34-26-27-38-39-24-13-23-36(31-14-4-1-5-15-31)45(39)53-44(38)28-34)51-30-35-20-12-25-41-43-29-42(32-16-6-2-7-17-32)37-21-10-11-22-40(37)47(43)54-46(35)41/h1-29,49,51H,30H2,(H2,50,52). The molecule has 0 aliphatic heterocycles. The van der Waals surface area contributed by atoms with E-state index in [2.05, 4.69) is 145 Å². The maximum atomic E-state index is 6.71. The van der Waals surface area contributed by atoms with Crippen molar-refractivity contribution in [3.8, 4) is 22.3 Å². The van der Waals surface area contributed by atoms with Crippen LogP contribution in [0.15, 0.2) is 185 Å². The summed E-state index contributed by atoms with van der Waals surface area (Å²) in [6, 6.07) is 61.6. The van der Waals surface area contributed by atoms with Crippen molar-refractivity contribution in [1.82, 2.24) is 5.32 Å². The number of hydrogen-bond acceptors (Lipinski definition) is 4. The molecule has 0 saturated carbocycles. The van der Waals surface area contributed by atoms with Gasteiger partial charge in [-0.3, -0.25) is 5.32 Å². The van der Waals surface area contributed by atoms with E-state index in [1.165, 1.54) is 47.6 Å². The fraction of sp³-hybridized carbons (Fsp3) is 0.0408. The second-order valence-electron chi connectivity index (χ2n) is 13.7. The van der Waals surface area contributed by atoms with E-state index in [9.17, 15) is 0 Å². The van der Waals surface area contributed by atoms with Crippen LogP contribution in [0.2, 0.25) is 0 Å². The molecule has 258 valence electrons. The molecule has 0 spiro atoms. The van der Waals surface area contributed by atoms with Crippen LogP contribution in [0.5, 0.6) is 0 Å². The molecular formula is C49H35N3OS. The molecular weight excluding hydrogens is 679 g/mol. The third kappa shape index (κ3) is 5.62. The van der Waals surface area contributed by atoms with Gasteiger partial charge in [0, 0.05) is 54.0 Å². The lowest BCUT2D eigenvalue weighted by atomic mass is 9.95. The Morgan fingerprint density at radius 3 is 1.96 bits per heavy atom. The van der Waals surface area contributed by atoms with Gasteiger partial charge in [-0.25, -0.2) is 4.99 Å². The molecule has 1 unspecified atom stereocenters. The minimum absolute atomic E-state index is 0.424. The smallest absolute Gasteiger partial charge is 0.143 e. The maximum Gasteiger partial charge on any atom is 0.143 e. The minimum atomic E-state index is -0.424. The molecule has 1 atom stereocenters. The van der Waals surface area contributed by atoms with Gasteiger partial charge in [-0.1, -0.05) is 164 Å². The minimum Gasteiger partial charge on any atom is -0.455 e. The average molecular weight is 714 g/mol. The van der Waals surface area contributed by atoms with E-state index in [0.29, 0.717) is 12.4 Å². The summed E-state index contributed by atoms with van der Waals surface area (Å²) in [6.07, 6.45) is -0.424. The summed E-state index contributed by atoms with van der Waals surface area (Å²) in [4.78, 5) is 5.11. The summed E-state index contributed by atoms with van der Waals surface area (Å²) >= 11 is 1.87. The Morgan fingerprint density at radius 1 is 0.556 bits per heavy atom. The van der Waals surface area contributed by atoms with E-state index in [0.717, 1.165) is 44.2 Å². The van der Waals surface area contributed by atoms with E-state index < -0.39 is 6.17 Å². The van der Waals surface area contributed by atoms with Crippen LogP contribution < -0.4 is 11.1 Å². The number of amidine groups is 1. The summed E-state index contributed by atoms with van der Waals surface area (Å²) in [5.41, 5.74) is 16.2. The van der Waals surface area contributed by atoms with Crippen LogP contribution in [0.1, 0.15) is 22.9 Å². The average Bonchev–Trinajstić information content (AvgIpc) is 3.81. The zero-order valence-corrected chi connectivity index (χ0v) is 30.2. The van der Waals surface area contributed by atoms with Gasteiger partial charge in [0.25, 0.3) is 0 Å². The third-order valence-electron chi connectivity index (χ3n) is 10.4. The molecule has 2 aromatic heterocycles. The summed E-state index contributed by atoms with van der Waals surface area (Å²) < 4.78 is 9.22. The molecule has 4 nitrogen and oxygen atoms in total. The molecule has 0 amide bonds. The number of furan rings is 1. The molecule has 3 N–H and O–H groups in total. The summed E-state index contributed by atoms with van der Waals surface area (Å²) in [5, 5.41) is 11.1. The number of fused-ring (bicyclic) bond motifs is 8. The fourth-order valence-electron chi connectivity index (χ4n) is 7.77. The summed E-state index contributed by atoms with van der Waals surface area (Å²) in [5.74, 6) is 0.476. The van der Waals surface area contributed by atoms with Crippen LogP contribution >= 0.6 is 11.3 Å². The zero-order valence-electron chi connectivity index (χ0n) is 29.4. The van der Waals surface area contributed by atoms with Crippen molar-refractivity contribution in [2.75, 3.05) is 0 Å². The molecule has 5 heteroatoms. The fourth-order valence-corrected chi connectivity index (χ4v) is 9.10. The predicted molar refractivity (Wildman–Crippen MR) is 228 cm³/mol. The van der Waals surface area contributed by atoms with Crippen molar-refractivity contribution < 1.29 is 4.42 Å². The highest BCUT2D eigenvalue weighted by atomic mass is 32.1. The van der Waals surface area contributed by atoms with Gasteiger partial charge in [-0.2, -0.15) is 0 Å². The van der Waals surface area contributed by atoms with Crippen molar-refractivity contribution >= 4 is 70.1 Å². The number of benzene rings is 8. The Balaban J connectivity index is 1.07. The quantitative estimate of drug-likeness (QED) is 0.122. The Hall–Kier alpha value is -6.53. The Labute approximate surface area is 316 Å². The number of rotatable bonds is 8. The van der Waals surface area contributed by atoms with Crippen LogP contribution in [0.3, 0.4) is 0 Å². The molecule has 8 aromatic carbocycles. The second kappa shape index (κ2) is 13.5. The third-order valence-corrected chi connectivity index (χ3v) is 11.7. The molecule has 0 aliphatic rings. The monoisotopic (exact) mass is 713 g/mol. The first kappa shape index (κ1) is 32.1. The lowest BCUT2D eigenvalue weighted by Gasteiger charge is -2.17. The molecule has 10 rings (SSSR count). The normalized spacial score (nSPS) is 12.7. The number of hydrogen-bond donors (Lipinski definition) is 2. The number of para-hydroxylation sites is 1. The van der Waals surface area contributed by atoms with Crippen LogP contribution in [0.4, 0.5) is 0 Å². The number of nitrogens with two attached hydrogens (primary N) is 1. The van der Waals surface area contributed by atoms with Crippen LogP contribution in [0, 0.1) is 0 Å². The second-order valence-corrected chi connectivity index (χ2v) is 14.7. The first-order valence-electron chi connectivity index (χ1n) is 18.2. The topological polar surface area (TPSA) is 63.5 Å². The first-order chi connectivity index (χ1) is 26.7. The Morgan fingerprint density at radius 2 is 1.19 bits per heavy atom. The highest BCUT2D eigenvalue weighted by Gasteiger charge is 2.19. The molecule has 0 bridgehead atoms. The predicted octanol–water partition coefficient (Wildman–Crippen LogP) is 12.6. The molecule has 0 fully saturated rings. The number of thiophene rings is 1. The van der Waals surface area contributed by atoms with Gasteiger partial charge in [0.1, 0.15) is 23.2 Å². The van der Waals surface area contributed by atoms with Crippen LogP contribution in [0.25, 0.3) is 75.1 Å². The van der Waals surface area contributed by atoms with E-state index in [1.54, 1.807) is 0 Å². The first-order valence-corrected chi connectivity index (χ1v) is 19.1. The largest absolute Gasteiger partial charge is 0.455 e. The zero-order chi connectivity index (χ0) is 36.0. The van der Waals surface area contributed by atoms with Gasteiger partial charge in [0.15, 0.2) is 0 Å². The van der Waals surface area contributed by atoms with E-state index >= 15 is 0 Å². The van der Waals surface area contributed by atoms with Crippen molar-refractivity contribution in [3.63, 3.8) is 0 Å². The van der Waals surface area contributed by atoms with Crippen molar-refractivity contribution in [2.45, 2.75) is 12.7 Å². The molecule has 10 aromatic rings. The highest BCUT2D eigenvalue weighted by Crippen LogP contribution is 2.44. The lowest BCUT2D eigenvalue weighted by molar-refractivity contribution is 0.555. The molecule has 0 aliphatic carbocycles. The van der Waals surface area contributed by atoms with Gasteiger partial charge in [0.2, 0.25) is 0 Å². The van der Waals surface area contributed by atoms with Crippen LogP contribution in [-0.2, 0) is 6.54 Å². The van der Waals surface area contributed by atoms with Crippen molar-refractivity contribution in [1.29, 1.82) is 0 Å². The van der Waals surface area contributed by atoms with Crippen molar-refractivity contribution in [3.05, 3.63) is 193 Å². The Bertz CT molecular complexity index is 3000. The van der Waals surface area contributed by atoms with E-state index in [4.69, 9.17) is 15.1 Å². The number of nitrogens with zero attached hydrogens (tertiary/aromatic N) is 1. The maximum absolute atomic E-state index is 6.71. The van der Waals surface area contributed by atoms with Gasteiger partial charge in [-0.15, -0.1) is 11.3 Å². The van der Waals surface area contributed by atoms with Gasteiger partial charge >= 0.3 is 0 Å². The van der Waals surface area contributed by atoms with Gasteiger partial charge in [-0.05, 0) is 45.3 Å². The lowest BCUT2D eigenvalue weighted by Crippen LogP contribution is -2.24. The van der Waals surface area contributed by atoms with Crippen molar-refractivity contribution in [2.24, 2.45) is 10.7 Å². The van der Waals surface area contributed by atoms with E-state index in [1.807, 2.05) is 47.7 Å². The summed E-state index contributed by atoms with van der Waals surface area (Å²) in [7, 11) is 0. The molecule has 0 radical (unpaired) electrons. The molecule has 0 saturated heterocycles. The van der Waals surface area contributed by atoms with Gasteiger partial charge in [0.05, 0.1) is 0 Å². The highest BCUT2D eigenvalue weighted by molar-refractivity contribution is 7.27. The SMILES string of the molecule is N/C(=N\C(NCc1cccc2c1sc1c3ccccc3c(-c3ccccc3)cc21)c1ccc2c(c1)oc1c(-c3ccccc3)cccc12)c1ccccc1. The number of nitrogens with one attached hydrogen (secondary N) is 1.